The van der Waals surface area contributed by atoms with Gasteiger partial charge in [-0.15, -0.1) is 0 Å². The number of hydrogen-bond donors (Lipinski definition) is 1. The highest BCUT2D eigenvalue weighted by Crippen LogP contribution is 2.33. The molecule has 1 amide bonds. The number of ether oxygens (including phenoxy) is 1. The summed E-state index contributed by atoms with van der Waals surface area (Å²) < 4.78 is 5.37. The molecule has 0 aliphatic carbocycles. The zero-order valence-corrected chi connectivity index (χ0v) is 14.8. The van der Waals surface area contributed by atoms with Gasteiger partial charge in [0.1, 0.15) is 5.75 Å². The molecule has 2 aromatic rings. The molecule has 0 fully saturated rings. The molecule has 2 heterocycles. The van der Waals surface area contributed by atoms with Crippen molar-refractivity contribution in [1.82, 2.24) is 9.97 Å². The number of aryl methyl sites for hydroxylation is 1. The molecule has 25 heavy (non-hydrogen) atoms. The molecule has 1 unspecified atom stereocenters. The van der Waals surface area contributed by atoms with Gasteiger partial charge in [0.25, 0.3) is 11.5 Å². The van der Waals surface area contributed by atoms with Crippen LogP contribution in [-0.4, -0.2) is 40.6 Å². The lowest BCUT2D eigenvalue weighted by Gasteiger charge is -2.26. The lowest BCUT2D eigenvalue weighted by Crippen LogP contribution is -2.35. The number of aromatic amines is 1. The van der Waals surface area contributed by atoms with Crippen LogP contribution in [0, 0.1) is 6.92 Å². The van der Waals surface area contributed by atoms with Gasteiger partial charge in [0.15, 0.2) is 17.5 Å². The summed E-state index contributed by atoms with van der Waals surface area (Å²) in [6, 6.07) is 6.41. The molecule has 8 heteroatoms. The fourth-order valence-electron chi connectivity index (χ4n) is 2.49. The van der Waals surface area contributed by atoms with Crippen LogP contribution in [0.3, 0.4) is 0 Å². The number of hydrogen-bond acceptors (Lipinski definition) is 6. The van der Waals surface area contributed by atoms with E-state index in [1.165, 1.54) is 22.7 Å². The van der Waals surface area contributed by atoms with E-state index in [0.29, 0.717) is 27.9 Å². The Bertz CT molecular complexity index is 909. The standard InChI is InChI=1S/C17H17N3O4S/c1-9-6-14(21)19-17(18-9)25-10(2)16(23)11-4-5-13-12(7-11)20(3)15(22)8-24-13/h4-7,10H,8H2,1-3H3,(H,18,19,21). The average Bonchev–Trinajstić information content (AvgIpc) is 2.56. The molecular formula is C17H17N3O4S. The van der Waals surface area contributed by atoms with Gasteiger partial charge in [-0.3, -0.25) is 14.4 Å². The summed E-state index contributed by atoms with van der Waals surface area (Å²) in [5.41, 5.74) is 1.39. The number of carbonyl (C=O) groups excluding carboxylic acids is 2. The number of ketones is 1. The number of carbonyl (C=O) groups is 2. The Morgan fingerprint density at radius 3 is 2.84 bits per heavy atom. The monoisotopic (exact) mass is 359 g/mol. The van der Waals surface area contributed by atoms with Crippen LogP contribution >= 0.6 is 11.8 Å². The summed E-state index contributed by atoms with van der Waals surface area (Å²) in [5, 5.41) is -0.0482. The number of nitrogens with zero attached hydrogens (tertiary/aromatic N) is 2. The number of amides is 1. The third kappa shape index (κ3) is 3.58. The van der Waals surface area contributed by atoms with Crippen LogP contribution in [0.25, 0.3) is 0 Å². The van der Waals surface area contributed by atoms with Crippen molar-refractivity contribution in [2.45, 2.75) is 24.3 Å². The normalized spacial score (nSPS) is 14.7. The molecule has 0 radical (unpaired) electrons. The fourth-order valence-corrected chi connectivity index (χ4v) is 3.42. The molecule has 3 rings (SSSR count). The van der Waals surface area contributed by atoms with E-state index in [-0.39, 0.29) is 23.9 Å². The molecule has 0 bridgehead atoms. The first-order valence-corrected chi connectivity index (χ1v) is 8.55. The van der Waals surface area contributed by atoms with Gasteiger partial charge >= 0.3 is 0 Å². The number of rotatable bonds is 4. The van der Waals surface area contributed by atoms with Crippen LogP contribution in [0.4, 0.5) is 5.69 Å². The topological polar surface area (TPSA) is 92.4 Å². The van der Waals surface area contributed by atoms with Crippen molar-refractivity contribution in [3.63, 3.8) is 0 Å². The average molecular weight is 359 g/mol. The number of thioether (sulfide) groups is 1. The fraction of sp³-hybridized carbons (Fsp3) is 0.294. The van der Waals surface area contributed by atoms with Crippen molar-refractivity contribution < 1.29 is 14.3 Å². The number of nitrogens with one attached hydrogen (secondary N) is 1. The molecule has 130 valence electrons. The van der Waals surface area contributed by atoms with E-state index in [4.69, 9.17) is 4.74 Å². The molecule has 1 atom stereocenters. The minimum absolute atomic E-state index is 0.00453. The van der Waals surface area contributed by atoms with Crippen LogP contribution in [0.1, 0.15) is 23.0 Å². The second-order valence-electron chi connectivity index (χ2n) is 5.74. The quantitative estimate of drug-likeness (QED) is 0.508. The molecule has 0 saturated carbocycles. The van der Waals surface area contributed by atoms with Gasteiger partial charge in [-0.25, -0.2) is 4.98 Å². The second kappa shape index (κ2) is 6.72. The summed E-state index contributed by atoms with van der Waals surface area (Å²) in [4.78, 5) is 44.3. The highest BCUT2D eigenvalue weighted by Gasteiger charge is 2.25. The summed E-state index contributed by atoms with van der Waals surface area (Å²) >= 11 is 1.19. The molecular weight excluding hydrogens is 342 g/mol. The minimum atomic E-state index is -0.450. The van der Waals surface area contributed by atoms with E-state index in [1.807, 2.05) is 0 Å². The Balaban J connectivity index is 1.83. The number of anilines is 1. The van der Waals surface area contributed by atoms with Crippen molar-refractivity contribution in [1.29, 1.82) is 0 Å². The first kappa shape index (κ1) is 17.2. The minimum Gasteiger partial charge on any atom is -0.482 e. The second-order valence-corrected chi connectivity index (χ2v) is 7.07. The zero-order chi connectivity index (χ0) is 18.1. The summed E-state index contributed by atoms with van der Waals surface area (Å²) in [6.07, 6.45) is 0. The lowest BCUT2D eigenvalue weighted by molar-refractivity contribution is -0.120. The van der Waals surface area contributed by atoms with E-state index >= 15 is 0 Å². The maximum Gasteiger partial charge on any atom is 0.264 e. The zero-order valence-electron chi connectivity index (χ0n) is 14.0. The van der Waals surface area contributed by atoms with E-state index < -0.39 is 5.25 Å². The Hall–Kier alpha value is -2.61. The third-order valence-corrected chi connectivity index (χ3v) is 4.82. The van der Waals surface area contributed by atoms with E-state index in [0.717, 1.165) is 0 Å². The van der Waals surface area contributed by atoms with Gasteiger partial charge in [0.2, 0.25) is 0 Å². The maximum atomic E-state index is 12.7. The highest BCUT2D eigenvalue weighted by atomic mass is 32.2. The summed E-state index contributed by atoms with van der Waals surface area (Å²) in [6.45, 7) is 3.47. The van der Waals surface area contributed by atoms with Crippen LogP contribution in [-0.2, 0) is 4.79 Å². The molecule has 1 aliphatic heterocycles. The van der Waals surface area contributed by atoms with E-state index in [9.17, 15) is 14.4 Å². The number of aromatic nitrogens is 2. The van der Waals surface area contributed by atoms with Crippen LogP contribution in [0.15, 0.2) is 34.2 Å². The number of likely N-dealkylation sites (N-methyl/N-ethyl adjacent to an activating group) is 1. The van der Waals surface area contributed by atoms with Crippen molar-refractivity contribution >= 4 is 29.1 Å². The van der Waals surface area contributed by atoms with Crippen molar-refractivity contribution in [2.24, 2.45) is 0 Å². The molecule has 0 saturated heterocycles. The van der Waals surface area contributed by atoms with Crippen LogP contribution in [0.5, 0.6) is 5.75 Å². The third-order valence-electron chi connectivity index (χ3n) is 3.84. The number of Topliss-reactive ketones (excluding diaryl/α,β-unsaturated/α-hetero) is 1. The predicted molar refractivity (Wildman–Crippen MR) is 94.6 cm³/mol. The summed E-state index contributed by atoms with van der Waals surface area (Å²) in [7, 11) is 1.65. The van der Waals surface area contributed by atoms with Crippen LogP contribution < -0.4 is 15.2 Å². The first-order valence-electron chi connectivity index (χ1n) is 7.67. The molecule has 1 aliphatic rings. The van der Waals surface area contributed by atoms with Gasteiger partial charge in [-0.05, 0) is 32.0 Å². The Labute approximate surface area is 148 Å². The van der Waals surface area contributed by atoms with E-state index in [1.54, 1.807) is 39.1 Å². The van der Waals surface area contributed by atoms with Gasteiger partial charge < -0.3 is 14.6 Å². The number of benzene rings is 1. The molecule has 7 nitrogen and oxygen atoms in total. The Morgan fingerprint density at radius 1 is 1.36 bits per heavy atom. The summed E-state index contributed by atoms with van der Waals surface area (Å²) in [5.74, 6) is 0.285. The lowest BCUT2D eigenvalue weighted by atomic mass is 10.1. The van der Waals surface area contributed by atoms with E-state index in [2.05, 4.69) is 9.97 Å². The van der Waals surface area contributed by atoms with Gasteiger partial charge in [-0.2, -0.15) is 0 Å². The molecule has 1 N–H and O–H groups in total. The van der Waals surface area contributed by atoms with Crippen LogP contribution in [0.2, 0.25) is 0 Å². The molecule has 1 aromatic carbocycles. The smallest absolute Gasteiger partial charge is 0.264 e. The molecule has 1 aromatic heterocycles. The Kier molecular flexibility index (Phi) is 4.63. The SMILES string of the molecule is Cc1cc(=O)[nH]c(SC(C)C(=O)c2ccc3c(c2)N(C)C(=O)CO3)n1. The van der Waals surface area contributed by atoms with Gasteiger partial charge in [0.05, 0.1) is 10.9 Å². The molecule has 0 spiro atoms. The van der Waals surface area contributed by atoms with Crippen molar-refractivity contribution in [3.05, 3.63) is 45.9 Å². The number of H-pyrrole nitrogens is 1. The highest BCUT2D eigenvalue weighted by molar-refractivity contribution is 8.00. The van der Waals surface area contributed by atoms with Crippen molar-refractivity contribution in [2.75, 3.05) is 18.6 Å². The Morgan fingerprint density at radius 2 is 2.12 bits per heavy atom. The van der Waals surface area contributed by atoms with Gasteiger partial charge in [0, 0.05) is 24.4 Å². The van der Waals surface area contributed by atoms with Gasteiger partial charge in [-0.1, -0.05) is 11.8 Å². The van der Waals surface area contributed by atoms with Crippen molar-refractivity contribution in [3.8, 4) is 5.75 Å². The maximum absolute atomic E-state index is 12.7. The predicted octanol–water partition coefficient (Wildman–Crippen LogP) is 1.80. The first-order chi connectivity index (χ1) is 11.8. The largest absolute Gasteiger partial charge is 0.482 e. The number of fused-ring (bicyclic) bond motifs is 1.